The summed E-state index contributed by atoms with van der Waals surface area (Å²) < 4.78 is 31.4. The van der Waals surface area contributed by atoms with E-state index >= 15 is 0 Å². The Balaban J connectivity index is 1.49. The molecule has 1 aliphatic rings. The lowest BCUT2D eigenvalue weighted by Crippen LogP contribution is -2.44. The van der Waals surface area contributed by atoms with Crippen molar-refractivity contribution in [2.75, 3.05) is 18.4 Å². The van der Waals surface area contributed by atoms with Crippen molar-refractivity contribution in [1.82, 2.24) is 19.7 Å². The zero-order valence-corrected chi connectivity index (χ0v) is 18.1. The number of amides is 2. The molecule has 11 heteroatoms. The number of alkyl halides is 2. The normalized spacial score (nSPS) is 16.0. The number of carbonyl (C=O) groups is 2. The Morgan fingerprint density at radius 2 is 2.03 bits per heavy atom. The molecule has 1 saturated heterocycles. The van der Waals surface area contributed by atoms with Gasteiger partial charge in [0.25, 0.3) is 5.91 Å². The maximum atomic E-state index is 13.1. The summed E-state index contributed by atoms with van der Waals surface area (Å²) in [5.41, 5.74) is 1.08. The minimum absolute atomic E-state index is 0.0298. The predicted octanol–water partition coefficient (Wildman–Crippen LogP) is 4.01. The lowest BCUT2D eigenvalue weighted by atomic mass is 9.96. The topological polar surface area (TPSA) is 89.4 Å². The molecule has 2 amide bonds. The number of rotatable bonds is 6. The molecular weight excluding hydrogens is 456 g/mol. The second-order valence-corrected chi connectivity index (χ2v) is 7.89. The van der Waals surface area contributed by atoms with Gasteiger partial charge >= 0.3 is 6.61 Å². The quantitative estimate of drug-likeness (QED) is 0.581. The standard InChI is InChI=1S/C22H20ClF2N5O3/c23-15-7-8-18(30-13-26-12-27-30)17(10-15)28-20(31)14-4-3-9-29(11-14)21(32)16-5-1-2-6-19(16)33-22(24)25/h1-2,5-8,10,12-14,22H,3-4,9,11H2,(H,28,31). The zero-order valence-electron chi connectivity index (χ0n) is 17.3. The highest BCUT2D eigenvalue weighted by Gasteiger charge is 2.30. The van der Waals surface area contributed by atoms with E-state index in [0.29, 0.717) is 35.8 Å². The second kappa shape index (κ2) is 9.95. The van der Waals surface area contributed by atoms with E-state index in [4.69, 9.17) is 11.6 Å². The number of aromatic nitrogens is 3. The van der Waals surface area contributed by atoms with E-state index in [1.54, 1.807) is 24.3 Å². The Morgan fingerprint density at radius 1 is 1.21 bits per heavy atom. The van der Waals surface area contributed by atoms with Gasteiger partial charge in [-0.3, -0.25) is 9.59 Å². The van der Waals surface area contributed by atoms with Crippen LogP contribution in [0.5, 0.6) is 5.75 Å². The Labute approximate surface area is 193 Å². The van der Waals surface area contributed by atoms with Gasteiger partial charge in [-0.15, -0.1) is 0 Å². The Hall–Kier alpha value is -3.53. The van der Waals surface area contributed by atoms with E-state index in [1.165, 1.54) is 40.4 Å². The first kappa shape index (κ1) is 22.7. The first-order valence-electron chi connectivity index (χ1n) is 10.2. The van der Waals surface area contributed by atoms with Gasteiger partial charge in [0.2, 0.25) is 5.91 Å². The van der Waals surface area contributed by atoms with Gasteiger partial charge in [-0.2, -0.15) is 13.9 Å². The van der Waals surface area contributed by atoms with Crippen LogP contribution in [0.2, 0.25) is 5.02 Å². The number of benzene rings is 2. The van der Waals surface area contributed by atoms with E-state index < -0.39 is 18.4 Å². The molecule has 172 valence electrons. The summed E-state index contributed by atoms with van der Waals surface area (Å²) >= 11 is 6.12. The van der Waals surface area contributed by atoms with Crippen molar-refractivity contribution in [3.63, 3.8) is 0 Å². The predicted molar refractivity (Wildman–Crippen MR) is 117 cm³/mol. The van der Waals surface area contributed by atoms with Gasteiger partial charge in [0.05, 0.1) is 22.9 Å². The molecule has 0 saturated carbocycles. The van der Waals surface area contributed by atoms with Crippen molar-refractivity contribution in [2.45, 2.75) is 19.5 Å². The van der Waals surface area contributed by atoms with Gasteiger partial charge < -0.3 is 15.0 Å². The number of halogens is 3. The average molecular weight is 476 g/mol. The Kier molecular flexibility index (Phi) is 6.83. The van der Waals surface area contributed by atoms with Crippen LogP contribution < -0.4 is 10.1 Å². The van der Waals surface area contributed by atoms with E-state index in [-0.39, 0.29) is 23.8 Å². The monoisotopic (exact) mass is 475 g/mol. The number of carbonyl (C=O) groups excluding carboxylic acids is 2. The smallest absolute Gasteiger partial charge is 0.387 e. The summed E-state index contributed by atoms with van der Waals surface area (Å²) in [6.07, 6.45) is 4.04. The number of nitrogens with one attached hydrogen (secondary N) is 1. The van der Waals surface area contributed by atoms with Crippen molar-refractivity contribution >= 4 is 29.1 Å². The first-order valence-corrected chi connectivity index (χ1v) is 10.6. The highest BCUT2D eigenvalue weighted by atomic mass is 35.5. The zero-order chi connectivity index (χ0) is 23.4. The Morgan fingerprint density at radius 3 is 2.79 bits per heavy atom. The van der Waals surface area contributed by atoms with Gasteiger partial charge in [-0.05, 0) is 43.2 Å². The molecule has 2 aromatic carbocycles. The molecule has 1 aromatic heterocycles. The third kappa shape index (κ3) is 5.28. The van der Waals surface area contributed by atoms with Crippen molar-refractivity contribution in [3.05, 3.63) is 65.7 Å². The molecule has 0 bridgehead atoms. The second-order valence-electron chi connectivity index (χ2n) is 7.46. The number of ether oxygens (including phenoxy) is 1. The van der Waals surface area contributed by atoms with Crippen LogP contribution in [-0.2, 0) is 4.79 Å². The molecule has 0 aliphatic carbocycles. The van der Waals surface area contributed by atoms with Crippen LogP contribution in [0.4, 0.5) is 14.5 Å². The maximum absolute atomic E-state index is 13.1. The van der Waals surface area contributed by atoms with Crippen LogP contribution in [-0.4, -0.2) is 51.2 Å². The molecule has 1 atom stereocenters. The largest absolute Gasteiger partial charge is 0.434 e. The van der Waals surface area contributed by atoms with Crippen molar-refractivity contribution in [3.8, 4) is 11.4 Å². The number of hydrogen-bond acceptors (Lipinski definition) is 5. The first-order chi connectivity index (χ1) is 15.9. The van der Waals surface area contributed by atoms with Gasteiger partial charge in [0.1, 0.15) is 18.4 Å². The minimum atomic E-state index is -3.05. The van der Waals surface area contributed by atoms with E-state index in [0.717, 1.165) is 0 Å². The summed E-state index contributed by atoms with van der Waals surface area (Å²) in [4.78, 5) is 31.5. The van der Waals surface area contributed by atoms with Crippen LogP contribution in [0.25, 0.3) is 5.69 Å². The summed E-state index contributed by atoms with van der Waals surface area (Å²) in [6, 6.07) is 10.8. The summed E-state index contributed by atoms with van der Waals surface area (Å²) in [6.45, 7) is -2.49. The van der Waals surface area contributed by atoms with Crippen molar-refractivity contribution in [1.29, 1.82) is 0 Å². The number of para-hydroxylation sites is 1. The van der Waals surface area contributed by atoms with Crippen LogP contribution in [0.1, 0.15) is 23.2 Å². The average Bonchev–Trinajstić information content (AvgIpc) is 3.33. The van der Waals surface area contributed by atoms with Crippen molar-refractivity contribution in [2.24, 2.45) is 5.92 Å². The number of likely N-dealkylation sites (tertiary alicyclic amines) is 1. The molecule has 1 unspecified atom stereocenters. The van der Waals surface area contributed by atoms with E-state index in [2.05, 4.69) is 20.1 Å². The molecule has 1 aliphatic heterocycles. The molecule has 33 heavy (non-hydrogen) atoms. The third-order valence-corrected chi connectivity index (χ3v) is 5.53. The highest BCUT2D eigenvalue weighted by molar-refractivity contribution is 6.31. The van der Waals surface area contributed by atoms with Crippen LogP contribution >= 0.6 is 11.6 Å². The molecule has 0 radical (unpaired) electrons. The van der Waals surface area contributed by atoms with Gasteiger partial charge in [-0.25, -0.2) is 9.67 Å². The van der Waals surface area contributed by atoms with E-state index in [9.17, 15) is 18.4 Å². The lowest BCUT2D eigenvalue weighted by molar-refractivity contribution is -0.121. The lowest BCUT2D eigenvalue weighted by Gasteiger charge is -2.32. The van der Waals surface area contributed by atoms with Gasteiger partial charge in [-0.1, -0.05) is 23.7 Å². The third-order valence-electron chi connectivity index (χ3n) is 5.29. The molecule has 8 nitrogen and oxygen atoms in total. The molecule has 2 heterocycles. The number of hydrogen-bond donors (Lipinski definition) is 1. The molecule has 4 rings (SSSR count). The molecule has 1 N–H and O–H groups in total. The summed E-state index contributed by atoms with van der Waals surface area (Å²) in [5.74, 6) is -1.43. The number of nitrogens with zero attached hydrogens (tertiary/aromatic N) is 4. The molecule has 1 fully saturated rings. The molecule has 3 aromatic rings. The number of piperidine rings is 1. The highest BCUT2D eigenvalue weighted by Crippen LogP contribution is 2.28. The fraction of sp³-hybridized carbons (Fsp3) is 0.273. The maximum Gasteiger partial charge on any atom is 0.387 e. The SMILES string of the molecule is O=C(Nc1cc(Cl)ccc1-n1cncn1)C1CCCN(C(=O)c2ccccc2OC(F)F)C1. The fourth-order valence-electron chi connectivity index (χ4n) is 3.76. The molecule has 0 spiro atoms. The van der Waals surface area contributed by atoms with Gasteiger partial charge in [0, 0.05) is 18.1 Å². The number of anilines is 1. The summed E-state index contributed by atoms with van der Waals surface area (Å²) in [7, 11) is 0. The van der Waals surface area contributed by atoms with Crippen LogP contribution in [0.15, 0.2) is 55.1 Å². The van der Waals surface area contributed by atoms with Crippen molar-refractivity contribution < 1.29 is 23.1 Å². The minimum Gasteiger partial charge on any atom is -0.434 e. The van der Waals surface area contributed by atoms with Crippen LogP contribution in [0.3, 0.4) is 0 Å². The molecular formula is C22H20ClF2N5O3. The van der Waals surface area contributed by atoms with E-state index in [1.807, 2.05) is 0 Å². The summed E-state index contributed by atoms with van der Waals surface area (Å²) in [5, 5.41) is 7.39. The van der Waals surface area contributed by atoms with Crippen LogP contribution in [0, 0.1) is 5.92 Å². The fourth-order valence-corrected chi connectivity index (χ4v) is 3.94. The Bertz CT molecular complexity index is 1140. The van der Waals surface area contributed by atoms with Gasteiger partial charge in [0.15, 0.2) is 0 Å².